The highest BCUT2D eigenvalue weighted by Crippen LogP contribution is 2.25. The van der Waals surface area contributed by atoms with Gasteiger partial charge in [0.25, 0.3) is 5.91 Å². The number of hydrogen-bond acceptors (Lipinski definition) is 3. The summed E-state index contributed by atoms with van der Waals surface area (Å²) in [6, 6.07) is 4.95. The fourth-order valence-electron chi connectivity index (χ4n) is 2.01. The normalized spacial score (nSPS) is 26.4. The minimum atomic E-state index is -0.992. The van der Waals surface area contributed by atoms with E-state index in [9.17, 15) is 9.90 Å². The van der Waals surface area contributed by atoms with E-state index in [1.54, 1.807) is 25.1 Å². The number of hydrogen-bond donors (Lipinski definition) is 2. The number of benzene rings is 1. The summed E-state index contributed by atoms with van der Waals surface area (Å²) >= 11 is 9.12. The van der Waals surface area contributed by atoms with Gasteiger partial charge in [-0.25, -0.2) is 0 Å². The summed E-state index contributed by atoms with van der Waals surface area (Å²) in [7, 11) is 0. The average molecular weight is 349 g/mol. The number of nitrogens with one attached hydrogen (secondary N) is 1. The molecule has 6 heteroatoms. The summed E-state index contributed by atoms with van der Waals surface area (Å²) in [5.41, 5.74) is -0.506. The van der Waals surface area contributed by atoms with E-state index in [1.165, 1.54) is 0 Å². The third-order valence-electron chi connectivity index (χ3n) is 3.39. The number of carbonyl (C=O) groups excluding carboxylic acids is 1. The van der Waals surface area contributed by atoms with Crippen LogP contribution in [0.15, 0.2) is 22.7 Å². The molecule has 0 bridgehead atoms. The number of amides is 1. The van der Waals surface area contributed by atoms with E-state index in [0.717, 1.165) is 0 Å². The van der Waals surface area contributed by atoms with Crippen molar-refractivity contribution in [1.29, 1.82) is 0 Å². The van der Waals surface area contributed by atoms with Gasteiger partial charge in [-0.1, -0.05) is 11.6 Å². The van der Waals surface area contributed by atoms with E-state index in [4.69, 9.17) is 16.3 Å². The van der Waals surface area contributed by atoms with Crippen molar-refractivity contribution < 1.29 is 14.6 Å². The van der Waals surface area contributed by atoms with Crippen LogP contribution in [-0.4, -0.2) is 35.9 Å². The van der Waals surface area contributed by atoms with Gasteiger partial charge in [0.2, 0.25) is 0 Å². The molecule has 0 saturated carbocycles. The fraction of sp³-hybridized carbons (Fsp3) is 0.462. The standard InChI is InChI=1S/C13H15BrClNO3/c1-8-13(18,4-5-19-8)7-16-12(17)10-3-2-9(15)6-11(10)14/h2-3,6,8,18H,4-5,7H2,1H3,(H,16,17). The summed E-state index contributed by atoms with van der Waals surface area (Å²) in [4.78, 5) is 12.0. The van der Waals surface area contributed by atoms with Crippen LogP contribution in [0.1, 0.15) is 23.7 Å². The Bertz CT molecular complexity index is 497. The van der Waals surface area contributed by atoms with Crippen LogP contribution in [-0.2, 0) is 4.74 Å². The van der Waals surface area contributed by atoms with E-state index >= 15 is 0 Å². The molecule has 1 aromatic carbocycles. The van der Waals surface area contributed by atoms with E-state index in [2.05, 4.69) is 21.2 Å². The maximum Gasteiger partial charge on any atom is 0.252 e. The van der Waals surface area contributed by atoms with Crippen LogP contribution in [0, 0.1) is 0 Å². The average Bonchev–Trinajstić information content (AvgIpc) is 2.67. The Labute approximate surface area is 125 Å². The molecule has 104 valence electrons. The van der Waals surface area contributed by atoms with Crippen LogP contribution < -0.4 is 5.32 Å². The van der Waals surface area contributed by atoms with E-state index < -0.39 is 5.60 Å². The zero-order valence-corrected chi connectivity index (χ0v) is 12.8. The molecule has 0 radical (unpaired) electrons. The monoisotopic (exact) mass is 347 g/mol. The van der Waals surface area contributed by atoms with Gasteiger partial charge in [-0.2, -0.15) is 0 Å². The molecule has 4 nitrogen and oxygen atoms in total. The maximum absolute atomic E-state index is 12.0. The molecule has 2 rings (SSSR count). The number of aliphatic hydroxyl groups is 1. The highest BCUT2D eigenvalue weighted by Gasteiger charge is 2.39. The highest BCUT2D eigenvalue weighted by atomic mass is 79.9. The van der Waals surface area contributed by atoms with Gasteiger partial charge in [0.15, 0.2) is 0 Å². The summed E-state index contributed by atoms with van der Waals surface area (Å²) < 4.78 is 5.94. The van der Waals surface area contributed by atoms with Gasteiger partial charge in [0.05, 0.1) is 11.7 Å². The molecule has 0 aromatic heterocycles. The first kappa shape index (κ1) is 14.8. The van der Waals surface area contributed by atoms with Crippen molar-refractivity contribution in [3.8, 4) is 0 Å². The van der Waals surface area contributed by atoms with Crippen LogP contribution in [0.25, 0.3) is 0 Å². The lowest BCUT2D eigenvalue weighted by Gasteiger charge is -2.26. The Hall–Kier alpha value is -0.620. The quantitative estimate of drug-likeness (QED) is 0.882. The lowest BCUT2D eigenvalue weighted by atomic mass is 9.96. The van der Waals surface area contributed by atoms with Crippen molar-refractivity contribution in [2.24, 2.45) is 0 Å². The summed E-state index contributed by atoms with van der Waals surface area (Å²) in [5.74, 6) is -0.254. The Morgan fingerprint density at radius 1 is 1.68 bits per heavy atom. The molecule has 19 heavy (non-hydrogen) atoms. The minimum Gasteiger partial charge on any atom is -0.385 e. The zero-order valence-electron chi connectivity index (χ0n) is 10.5. The summed E-state index contributed by atoms with van der Waals surface area (Å²) in [5, 5.41) is 13.6. The second kappa shape index (κ2) is 5.79. The van der Waals surface area contributed by atoms with Crippen molar-refractivity contribution in [2.45, 2.75) is 25.0 Å². The first-order chi connectivity index (χ1) is 8.92. The van der Waals surface area contributed by atoms with E-state index in [1.807, 2.05) is 0 Å². The molecule has 0 aliphatic carbocycles. The van der Waals surface area contributed by atoms with Gasteiger partial charge in [0, 0.05) is 29.1 Å². The number of halogens is 2. The van der Waals surface area contributed by atoms with Gasteiger partial charge in [0.1, 0.15) is 5.60 Å². The van der Waals surface area contributed by atoms with Gasteiger partial charge >= 0.3 is 0 Å². The number of carbonyl (C=O) groups is 1. The van der Waals surface area contributed by atoms with Crippen molar-refractivity contribution in [2.75, 3.05) is 13.2 Å². The molecule has 1 heterocycles. The molecule has 0 spiro atoms. The SMILES string of the molecule is CC1OCCC1(O)CNC(=O)c1ccc(Cl)cc1Br. The maximum atomic E-state index is 12.0. The Morgan fingerprint density at radius 3 is 3.00 bits per heavy atom. The molecular weight excluding hydrogens is 334 g/mol. The second-order valence-electron chi connectivity index (χ2n) is 4.67. The van der Waals surface area contributed by atoms with Crippen molar-refractivity contribution in [1.82, 2.24) is 5.32 Å². The number of ether oxygens (including phenoxy) is 1. The van der Waals surface area contributed by atoms with E-state index in [-0.39, 0.29) is 18.6 Å². The van der Waals surface area contributed by atoms with Gasteiger partial charge in [-0.05, 0) is 41.1 Å². The second-order valence-corrected chi connectivity index (χ2v) is 5.96. The van der Waals surface area contributed by atoms with Crippen molar-refractivity contribution >= 4 is 33.4 Å². The molecule has 2 N–H and O–H groups in total. The van der Waals surface area contributed by atoms with Crippen LogP contribution in [0.4, 0.5) is 0 Å². The van der Waals surface area contributed by atoms with E-state index in [0.29, 0.717) is 28.1 Å². The first-order valence-corrected chi connectivity index (χ1v) is 7.17. The van der Waals surface area contributed by atoms with Crippen LogP contribution >= 0.6 is 27.5 Å². The Balaban J connectivity index is 2.02. The summed E-state index contributed by atoms with van der Waals surface area (Å²) in [6.45, 7) is 2.48. The molecule has 2 unspecified atom stereocenters. The molecule has 1 amide bonds. The largest absolute Gasteiger partial charge is 0.385 e. The molecule has 1 aliphatic heterocycles. The smallest absolute Gasteiger partial charge is 0.252 e. The number of rotatable bonds is 3. The highest BCUT2D eigenvalue weighted by molar-refractivity contribution is 9.10. The Kier molecular flexibility index (Phi) is 4.50. The minimum absolute atomic E-state index is 0.169. The predicted octanol–water partition coefficient (Wildman–Crippen LogP) is 2.37. The molecule has 1 fully saturated rings. The molecule has 1 saturated heterocycles. The third-order valence-corrected chi connectivity index (χ3v) is 4.28. The summed E-state index contributed by atoms with van der Waals surface area (Å²) in [6.07, 6.45) is 0.248. The zero-order chi connectivity index (χ0) is 14.0. The van der Waals surface area contributed by atoms with Gasteiger partial charge in [-0.15, -0.1) is 0 Å². The molecule has 2 atom stereocenters. The van der Waals surface area contributed by atoms with Gasteiger partial charge in [-0.3, -0.25) is 4.79 Å². The topological polar surface area (TPSA) is 58.6 Å². The van der Waals surface area contributed by atoms with Crippen molar-refractivity contribution in [3.63, 3.8) is 0 Å². The van der Waals surface area contributed by atoms with Crippen LogP contribution in [0.5, 0.6) is 0 Å². The lowest BCUT2D eigenvalue weighted by molar-refractivity contribution is -0.0251. The predicted molar refractivity (Wildman–Crippen MR) is 76.5 cm³/mol. The van der Waals surface area contributed by atoms with Crippen LogP contribution in [0.3, 0.4) is 0 Å². The lowest BCUT2D eigenvalue weighted by Crippen LogP contribution is -2.47. The molecule has 1 aliphatic rings. The molecule has 1 aromatic rings. The van der Waals surface area contributed by atoms with Gasteiger partial charge < -0.3 is 15.2 Å². The van der Waals surface area contributed by atoms with Crippen molar-refractivity contribution in [3.05, 3.63) is 33.3 Å². The Morgan fingerprint density at radius 2 is 2.42 bits per heavy atom. The molecular formula is C13H15BrClNO3. The third kappa shape index (κ3) is 3.28. The first-order valence-electron chi connectivity index (χ1n) is 5.99. The van der Waals surface area contributed by atoms with Crippen LogP contribution in [0.2, 0.25) is 5.02 Å². The fourth-order valence-corrected chi connectivity index (χ4v) is 2.87.